The average molecular weight is 325 g/mol. The van der Waals surface area contributed by atoms with Crippen LogP contribution < -0.4 is 5.32 Å². The van der Waals surface area contributed by atoms with Crippen molar-refractivity contribution in [1.82, 2.24) is 4.90 Å². The number of nitrogens with zero attached hydrogens (tertiary/aromatic N) is 1. The fourth-order valence-corrected chi connectivity index (χ4v) is 3.51. The molecular formula is C14H17BrN2O2. The smallest absolute Gasteiger partial charge is 0.337 e. The molecule has 0 aromatic heterocycles. The maximum Gasteiger partial charge on any atom is 0.337 e. The highest BCUT2D eigenvalue weighted by Crippen LogP contribution is 2.31. The molecule has 5 heteroatoms. The molecule has 4 nitrogen and oxygen atoms in total. The third-order valence-electron chi connectivity index (χ3n) is 4.21. The summed E-state index contributed by atoms with van der Waals surface area (Å²) in [5, 5.41) is 12.7. The van der Waals surface area contributed by atoms with Crippen LogP contribution in [-0.2, 0) is 0 Å². The molecule has 2 N–H and O–H groups in total. The molecule has 0 spiro atoms. The predicted molar refractivity (Wildman–Crippen MR) is 77.7 cm³/mol. The summed E-state index contributed by atoms with van der Waals surface area (Å²) in [5.74, 6) is -0.207. The van der Waals surface area contributed by atoms with E-state index in [0.717, 1.165) is 16.7 Å². The van der Waals surface area contributed by atoms with Crippen molar-refractivity contribution in [3.8, 4) is 0 Å². The molecule has 19 heavy (non-hydrogen) atoms. The van der Waals surface area contributed by atoms with E-state index in [1.54, 1.807) is 12.1 Å². The number of rotatable bonds is 3. The summed E-state index contributed by atoms with van der Waals surface area (Å²) in [7, 11) is 0. The van der Waals surface area contributed by atoms with Gasteiger partial charge in [0.2, 0.25) is 0 Å². The van der Waals surface area contributed by atoms with Crippen molar-refractivity contribution in [3.63, 3.8) is 0 Å². The minimum absolute atomic E-state index is 0.347. The van der Waals surface area contributed by atoms with Crippen LogP contribution in [0.5, 0.6) is 0 Å². The fraction of sp³-hybridized carbons (Fsp3) is 0.500. The number of hydrogen-bond donors (Lipinski definition) is 2. The van der Waals surface area contributed by atoms with Crippen LogP contribution in [0.15, 0.2) is 22.7 Å². The Morgan fingerprint density at radius 3 is 2.68 bits per heavy atom. The molecule has 3 aliphatic heterocycles. The molecule has 2 bridgehead atoms. The summed E-state index contributed by atoms with van der Waals surface area (Å²) in [6.45, 7) is 3.40. The molecular weight excluding hydrogens is 308 g/mol. The van der Waals surface area contributed by atoms with Gasteiger partial charge >= 0.3 is 5.97 Å². The number of aromatic carboxylic acids is 1. The zero-order chi connectivity index (χ0) is 13.4. The molecule has 3 aliphatic rings. The predicted octanol–water partition coefficient (Wildman–Crippen LogP) is 2.65. The lowest BCUT2D eigenvalue weighted by Crippen LogP contribution is -2.53. The number of fused-ring (bicyclic) bond motifs is 3. The summed E-state index contributed by atoms with van der Waals surface area (Å²) in [6.07, 6.45) is 2.43. The molecule has 3 fully saturated rings. The van der Waals surface area contributed by atoms with Gasteiger partial charge in [-0.1, -0.05) is 15.9 Å². The van der Waals surface area contributed by atoms with Gasteiger partial charge in [-0.25, -0.2) is 4.79 Å². The van der Waals surface area contributed by atoms with Crippen LogP contribution in [0.2, 0.25) is 0 Å². The quantitative estimate of drug-likeness (QED) is 0.897. The Labute approximate surface area is 120 Å². The van der Waals surface area contributed by atoms with Crippen molar-refractivity contribution >= 4 is 27.6 Å². The maximum absolute atomic E-state index is 11.3. The van der Waals surface area contributed by atoms with E-state index in [0.29, 0.717) is 17.5 Å². The topological polar surface area (TPSA) is 52.6 Å². The van der Waals surface area contributed by atoms with Gasteiger partial charge in [0.1, 0.15) is 0 Å². The Hall–Kier alpha value is -1.07. The Balaban J connectivity index is 1.83. The van der Waals surface area contributed by atoms with E-state index < -0.39 is 5.97 Å². The molecule has 0 saturated carbocycles. The third kappa shape index (κ3) is 2.62. The highest BCUT2D eigenvalue weighted by atomic mass is 79.9. The second-order valence-corrected chi connectivity index (χ2v) is 6.30. The molecule has 0 aliphatic carbocycles. The van der Waals surface area contributed by atoms with Crippen LogP contribution in [0.3, 0.4) is 0 Å². The Bertz CT molecular complexity index is 498. The molecule has 4 rings (SSSR count). The van der Waals surface area contributed by atoms with Crippen LogP contribution in [-0.4, -0.2) is 41.7 Å². The molecule has 1 aromatic carbocycles. The lowest BCUT2D eigenvalue weighted by Gasteiger charge is -2.45. The second-order valence-electron chi connectivity index (χ2n) is 5.38. The molecule has 1 atom stereocenters. The monoisotopic (exact) mass is 324 g/mol. The van der Waals surface area contributed by atoms with Crippen molar-refractivity contribution in [2.24, 2.45) is 5.92 Å². The van der Waals surface area contributed by atoms with Crippen LogP contribution in [0.4, 0.5) is 5.69 Å². The number of hydrogen-bond acceptors (Lipinski definition) is 3. The lowest BCUT2D eigenvalue weighted by molar-refractivity contribution is 0.0697. The number of carboxylic acid groups (broad SMARTS) is 1. The zero-order valence-electron chi connectivity index (χ0n) is 10.6. The van der Waals surface area contributed by atoms with Gasteiger partial charge in [-0.2, -0.15) is 0 Å². The fourth-order valence-electron chi connectivity index (χ4n) is 3.15. The van der Waals surface area contributed by atoms with E-state index in [4.69, 9.17) is 0 Å². The van der Waals surface area contributed by atoms with E-state index in [9.17, 15) is 9.90 Å². The molecule has 3 saturated heterocycles. The first-order valence-electron chi connectivity index (χ1n) is 6.65. The van der Waals surface area contributed by atoms with Gasteiger partial charge in [-0.3, -0.25) is 0 Å². The summed E-state index contributed by atoms with van der Waals surface area (Å²) < 4.78 is 0.904. The van der Waals surface area contributed by atoms with Crippen LogP contribution in [0, 0.1) is 5.92 Å². The number of carbonyl (C=O) groups is 1. The standard InChI is InChI=1S/C14H17BrN2O2/c15-10-1-2-11(14(18)19)12(7-10)16-13-8-17-5-3-9(13)4-6-17/h1-2,7,9,13,16H,3-6,8H2,(H,18,19). The number of carboxylic acids is 1. The SMILES string of the molecule is O=C(O)c1ccc(Br)cc1NC1CN2CCC1CC2. The Morgan fingerprint density at radius 1 is 1.37 bits per heavy atom. The zero-order valence-corrected chi connectivity index (χ0v) is 12.2. The molecule has 3 heterocycles. The number of piperidine rings is 3. The minimum Gasteiger partial charge on any atom is -0.478 e. The minimum atomic E-state index is -0.878. The summed E-state index contributed by atoms with van der Waals surface area (Å²) in [4.78, 5) is 13.7. The summed E-state index contributed by atoms with van der Waals surface area (Å²) >= 11 is 3.41. The van der Waals surface area contributed by atoms with Gasteiger partial charge in [0.25, 0.3) is 0 Å². The first-order valence-corrected chi connectivity index (χ1v) is 7.44. The Morgan fingerprint density at radius 2 is 2.11 bits per heavy atom. The molecule has 1 aromatic rings. The van der Waals surface area contributed by atoms with Crippen LogP contribution >= 0.6 is 15.9 Å². The normalized spacial score (nSPS) is 29.2. The number of benzene rings is 1. The van der Waals surface area contributed by atoms with Crippen molar-refractivity contribution in [2.75, 3.05) is 25.0 Å². The maximum atomic E-state index is 11.3. The van der Waals surface area contributed by atoms with E-state index in [2.05, 4.69) is 26.1 Å². The van der Waals surface area contributed by atoms with Gasteiger partial charge in [-0.15, -0.1) is 0 Å². The van der Waals surface area contributed by atoms with Gasteiger partial charge in [-0.05, 0) is 50.0 Å². The molecule has 0 amide bonds. The molecule has 0 radical (unpaired) electrons. The highest BCUT2D eigenvalue weighted by Gasteiger charge is 2.34. The third-order valence-corrected chi connectivity index (χ3v) is 4.70. The first-order chi connectivity index (χ1) is 9.13. The van der Waals surface area contributed by atoms with Crippen LogP contribution in [0.1, 0.15) is 23.2 Å². The van der Waals surface area contributed by atoms with Gasteiger partial charge < -0.3 is 15.3 Å². The Kier molecular flexibility index (Phi) is 3.50. The molecule has 102 valence electrons. The average Bonchev–Trinajstić information content (AvgIpc) is 2.40. The number of anilines is 1. The van der Waals surface area contributed by atoms with Gasteiger partial charge in [0.15, 0.2) is 0 Å². The van der Waals surface area contributed by atoms with E-state index >= 15 is 0 Å². The van der Waals surface area contributed by atoms with E-state index in [-0.39, 0.29) is 0 Å². The van der Waals surface area contributed by atoms with E-state index in [1.165, 1.54) is 25.9 Å². The second kappa shape index (κ2) is 5.13. The first kappa shape index (κ1) is 12.9. The largest absolute Gasteiger partial charge is 0.478 e. The van der Waals surface area contributed by atoms with Crippen molar-refractivity contribution in [2.45, 2.75) is 18.9 Å². The van der Waals surface area contributed by atoms with Crippen LogP contribution in [0.25, 0.3) is 0 Å². The lowest BCUT2D eigenvalue weighted by atomic mass is 9.84. The van der Waals surface area contributed by atoms with Crippen molar-refractivity contribution < 1.29 is 9.90 Å². The molecule has 1 unspecified atom stereocenters. The van der Waals surface area contributed by atoms with Gasteiger partial charge in [0, 0.05) is 17.1 Å². The van der Waals surface area contributed by atoms with Crippen molar-refractivity contribution in [3.05, 3.63) is 28.2 Å². The number of nitrogens with one attached hydrogen (secondary N) is 1. The van der Waals surface area contributed by atoms with Crippen molar-refractivity contribution in [1.29, 1.82) is 0 Å². The van der Waals surface area contributed by atoms with Gasteiger partial charge in [0.05, 0.1) is 11.3 Å². The van der Waals surface area contributed by atoms with E-state index in [1.807, 2.05) is 6.07 Å². The summed E-state index contributed by atoms with van der Waals surface area (Å²) in [6, 6.07) is 5.65. The number of halogens is 1. The highest BCUT2D eigenvalue weighted by molar-refractivity contribution is 9.10. The summed E-state index contributed by atoms with van der Waals surface area (Å²) in [5.41, 5.74) is 1.07.